The molecule has 1 heteroatoms. The first-order valence-electron chi connectivity index (χ1n) is 21.1. The Labute approximate surface area is 342 Å². The molecule has 0 spiro atoms. The number of benzene rings is 6. The smallest absolute Gasteiger partial charge is 0.0582 e. The van der Waals surface area contributed by atoms with Crippen molar-refractivity contribution < 1.29 is 0 Å². The first kappa shape index (κ1) is 34.8. The van der Waals surface area contributed by atoms with Gasteiger partial charge in [0, 0.05) is 22.1 Å². The minimum Gasteiger partial charge on any atom is -0.309 e. The van der Waals surface area contributed by atoms with Crippen molar-refractivity contribution in [3.63, 3.8) is 0 Å². The molecule has 280 valence electrons. The summed E-state index contributed by atoms with van der Waals surface area (Å²) >= 11 is 0. The maximum absolute atomic E-state index is 2.56. The summed E-state index contributed by atoms with van der Waals surface area (Å²) in [6.45, 7) is 4.83. The summed E-state index contributed by atoms with van der Waals surface area (Å²) in [5.74, 6) is 0.434. The van der Waals surface area contributed by atoms with Crippen molar-refractivity contribution in [1.82, 2.24) is 4.57 Å². The van der Waals surface area contributed by atoms with Crippen LogP contribution in [-0.4, -0.2) is 4.57 Å². The number of aromatic nitrogens is 1. The van der Waals surface area contributed by atoms with E-state index < -0.39 is 0 Å². The van der Waals surface area contributed by atoms with Gasteiger partial charge in [-0.15, -0.1) is 0 Å². The highest BCUT2D eigenvalue weighted by molar-refractivity contribution is 6.14. The lowest BCUT2D eigenvalue weighted by Gasteiger charge is -2.35. The Morgan fingerprint density at radius 2 is 1.31 bits per heavy atom. The minimum absolute atomic E-state index is 0.177. The Kier molecular flexibility index (Phi) is 8.33. The van der Waals surface area contributed by atoms with Gasteiger partial charge in [0.25, 0.3) is 0 Å². The Morgan fingerprint density at radius 3 is 2.10 bits per heavy atom. The molecule has 0 bridgehead atoms. The summed E-state index contributed by atoms with van der Waals surface area (Å²) in [6.07, 6.45) is 22.0. The van der Waals surface area contributed by atoms with Gasteiger partial charge in [0.15, 0.2) is 0 Å². The van der Waals surface area contributed by atoms with Gasteiger partial charge in [0.2, 0.25) is 0 Å². The number of allylic oxidation sites excluding steroid dienone is 12. The van der Waals surface area contributed by atoms with Gasteiger partial charge < -0.3 is 4.57 Å². The summed E-state index contributed by atoms with van der Waals surface area (Å²) in [4.78, 5) is 0. The summed E-state index contributed by atoms with van der Waals surface area (Å²) in [5.41, 5.74) is 21.4. The van der Waals surface area contributed by atoms with Gasteiger partial charge >= 0.3 is 0 Å². The summed E-state index contributed by atoms with van der Waals surface area (Å²) < 4.78 is 2.56. The van der Waals surface area contributed by atoms with Gasteiger partial charge in [-0.1, -0.05) is 166 Å². The zero-order chi connectivity index (χ0) is 38.8. The van der Waals surface area contributed by atoms with Crippen LogP contribution in [0.25, 0.3) is 55.3 Å². The van der Waals surface area contributed by atoms with Crippen LogP contribution in [0.2, 0.25) is 0 Å². The molecule has 3 aliphatic carbocycles. The van der Waals surface area contributed by atoms with Crippen molar-refractivity contribution >= 4 is 38.5 Å². The maximum atomic E-state index is 2.56. The molecule has 58 heavy (non-hydrogen) atoms. The van der Waals surface area contributed by atoms with Gasteiger partial charge in [0.05, 0.1) is 16.7 Å². The third-order valence-electron chi connectivity index (χ3n) is 13.4. The van der Waals surface area contributed by atoms with Crippen molar-refractivity contribution in [2.75, 3.05) is 0 Å². The Morgan fingerprint density at radius 1 is 0.586 bits per heavy atom. The Bertz CT molecular complexity index is 2970. The minimum atomic E-state index is -0.177. The lowest BCUT2D eigenvalue weighted by atomic mass is 9.73. The zero-order valence-corrected chi connectivity index (χ0v) is 33.4. The monoisotopic (exact) mass is 745 g/mol. The molecule has 11 rings (SSSR count). The molecular weight excluding hydrogens is 699 g/mol. The number of hydrogen-bond acceptors (Lipinski definition) is 0. The summed E-state index contributed by atoms with van der Waals surface area (Å²) in [5, 5.41) is 2.64. The van der Waals surface area contributed by atoms with Crippen molar-refractivity contribution in [1.29, 1.82) is 0 Å². The van der Waals surface area contributed by atoms with Gasteiger partial charge in [0.1, 0.15) is 0 Å². The fourth-order valence-electron chi connectivity index (χ4n) is 10.3. The lowest BCUT2D eigenvalue weighted by Crippen LogP contribution is -2.26. The number of hydrogen-bond donors (Lipinski definition) is 0. The average molecular weight is 746 g/mol. The van der Waals surface area contributed by atoms with Crippen molar-refractivity contribution in [2.45, 2.75) is 57.3 Å². The van der Waals surface area contributed by atoms with Crippen molar-refractivity contribution in [3.05, 3.63) is 227 Å². The number of para-hydroxylation sites is 1. The fourth-order valence-corrected chi connectivity index (χ4v) is 10.3. The molecule has 0 radical (unpaired) electrons. The van der Waals surface area contributed by atoms with E-state index in [4.69, 9.17) is 0 Å². The molecule has 1 aromatic heterocycles. The SMILES string of the molecule is CC1(C)c2ccccc2-n2c3ccc(C4=C(C5=CCC(c6ccccc6)C=C5)CCC=C4)cc3c3cc(-c4ccccc4C4=CC=C(c5ccccc5)CC4)cc1c32. The normalized spacial score (nSPS) is 18.2. The van der Waals surface area contributed by atoms with Crippen LogP contribution in [0.15, 0.2) is 193 Å². The molecular formula is C57H47N. The van der Waals surface area contributed by atoms with Gasteiger partial charge in [-0.2, -0.15) is 0 Å². The standard InChI is InChI=1S/C57H47N/c1-57(2)52-23-13-14-24-55(52)58-54-34-33-44(48-21-11-9-19-46(48)42-29-25-40(26-30-42)38-15-5-3-6-16-38)35-50(54)51-36-45(37-53(57)56(51)58)49-22-12-10-20-47(49)43-31-27-41(28-32-43)39-17-7-4-8-18-39/h3-8,10-18,20-25,27,29-31,33-37,40H,9,19,26,28,32H2,1-2H3. The van der Waals surface area contributed by atoms with E-state index in [9.17, 15) is 0 Å². The molecule has 0 N–H and O–H groups in total. The summed E-state index contributed by atoms with van der Waals surface area (Å²) in [6, 6.07) is 52.2. The largest absolute Gasteiger partial charge is 0.309 e. The van der Waals surface area contributed by atoms with Crippen LogP contribution in [0, 0.1) is 0 Å². The van der Waals surface area contributed by atoms with E-state index >= 15 is 0 Å². The highest BCUT2D eigenvalue weighted by Gasteiger charge is 2.36. The number of rotatable bonds is 6. The molecule has 1 atom stereocenters. The lowest BCUT2D eigenvalue weighted by molar-refractivity contribution is 0.630. The van der Waals surface area contributed by atoms with Crippen molar-refractivity contribution in [3.8, 4) is 16.8 Å². The van der Waals surface area contributed by atoms with Crippen LogP contribution in [0.1, 0.15) is 85.3 Å². The van der Waals surface area contributed by atoms with Crippen LogP contribution in [0.3, 0.4) is 0 Å². The molecule has 1 aliphatic heterocycles. The predicted octanol–water partition coefficient (Wildman–Crippen LogP) is 15.1. The quantitative estimate of drug-likeness (QED) is 0.160. The highest BCUT2D eigenvalue weighted by Crippen LogP contribution is 2.50. The fraction of sp³-hybridized carbons (Fsp3) is 0.158. The first-order chi connectivity index (χ1) is 28.5. The van der Waals surface area contributed by atoms with Gasteiger partial charge in [-0.3, -0.25) is 0 Å². The van der Waals surface area contributed by atoms with Gasteiger partial charge in [-0.05, 0) is 135 Å². The van der Waals surface area contributed by atoms with E-state index in [0.717, 1.165) is 32.1 Å². The van der Waals surface area contributed by atoms with Crippen LogP contribution in [-0.2, 0) is 5.41 Å². The number of nitrogens with zero attached hydrogens (tertiary/aromatic N) is 1. The molecule has 7 aromatic rings. The van der Waals surface area contributed by atoms with E-state index in [1.165, 1.54) is 99.9 Å². The van der Waals surface area contributed by atoms with E-state index in [1.807, 2.05) is 0 Å². The second-order valence-electron chi connectivity index (χ2n) is 17.0. The van der Waals surface area contributed by atoms with Crippen LogP contribution in [0.5, 0.6) is 0 Å². The molecule has 0 amide bonds. The highest BCUT2D eigenvalue weighted by atomic mass is 15.0. The molecule has 0 fully saturated rings. The Hall–Kier alpha value is -6.44. The maximum Gasteiger partial charge on any atom is 0.0582 e. The average Bonchev–Trinajstić information content (AvgIpc) is 3.62. The number of fused-ring (bicyclic) bond motifs is 5. The zero-order valence-electron chi connectivity index (χ0n) is 33.4. The van der Waals surface area contributed by atoms with E-state index in [1.54, 1.807) is 0 Å². The topological polar surface area (TPSA) is 4.93 Å². The molecule has 2 heterocycles. The Balaban J connectivity index is 1.08. The van der Waals surface area contributed by atoms with Crippen LogP contribution >= 0.6 is 0 Å². The van der Waals surface area contributed by atoms with Crippen LogP contribution < -0.4 is 0 Å². The van der Waals surface area contributed by atoms with Crippen LogP contribution in [0.4, 0.5) is 0 Å². The second kappa shape index (κ2) is 13.9. The van der Waals surface area contributed by atoms with Gasteiger partial charge in [-0.25, -0.2) is 0 Å². The summed E-state index contributed by atoms with van der Waals surface area (Å²) in [7, 11) is 0. The van der Waals surface area contributed by atoms with Crippen molar-refractivity contribution in [2.24, 2.45) is 0 Å². The van der Waals surface area contributed by atoms with E-state index in [0.29, 0.717) is 5.92 Å². The second-order valence-corrected chi connectivity index (χ2v) is 17.0. The molecule has 1 nitrogen and oxygen atoms in total. The molecule has 1 unspecified atom stereocenters. The third-order valence-corrected chi connectivity index (χ3v) is 13.4. The molecule has 6 aromatic carbocycles. The molecule has 4 aliphatic rings. The molecule has 0 saturated heterocycles. The van der Waals surface area contributed by atoms with E-state index in [-0.39, 0.29) is 5.41 Å². The molecule has 0 saturated carbocycles. The van der Waals surface area contributed by atoms with E-state index in [2.05, 4.69) is 200 Å². The third kappa shape index (κ3) is 5.67. The predicted molar refractivity (Wildman–Crippen MR) is 246 cm³/mol. The first-order valence-corrected chi connectivity index (χ1v) is 21.1.